The number of benzene rings is 2. The summed E-state index contributed by atoms with van der Waals surface area (Å²) in [6.45, 7) is 0.106. The van der Waals surface area contributed by atoms with Crippen molar-refractivity contribution in [2.24, 2.45) is 0 Å². The van der Waals surface area contributed by atoms with Gasteiger partial charge >= 0.3 is 0 Å². The number of unbranched alkanes of at least 4 members (excludes halogenated alkanes) is 1. The summed E-state index contributed by atoms with van der Waals surface area (Å²) in [6.07, 6.45) is 0.524. The summed E-state index contributed by atoms with van der Waals surface area (Å²) in [4.78, 5) is -0.312. The SMILES string of the molecule is Nc1ccc2cc(S(=O)(=O)O)cc(OCCCCS(=O)(=O)O)c2c1. The normalized spacial score (nSPS) is 12.4. The number of nitrogen functional groups attached to an aromatic ring is 1. The maximum Gasteiger partial charge on any atom is 0.294 e. The molecule has 0 aliphatic heterocycles. The smallest absolute Gasteiger partial charge is 0.294 e. The van der Waals surface area contributed by atoms with Crippen molar-refractivity contribution in [3.05, 3.63) is 30.3 Å². The van der Waals surface area contributed by atoms with E-state index in [9.17, 15) is 21.4 Å². The van der Waals surface area contributed by atoms with Crippen LogP contribution < -0.4 is 10.5 Å². The van der Waals surface area contributed by atoms with Crippen LogP contribution in [0, 0.1) is 0 Å². The Kier molecular flexibility index (Phi) is 5.33. The van der Waals surface area contributed by atoms with Gasteiger partial charge in [0.25, 0.3) is 20.2 Å². The van der Waals surface area contributed by atoms with Gasteiger partial charge in [0.1, 0.15) is 5.75 Å². The van der Waals surface area contributed by atoms with Gasteiger partial charge in [0.2, 0.25) is 0 Å². The Morgan fingerprint density at radius 1 is 1.00 bits per heavy atom. The van der Waals surface area contributed by atoms with Crippen molar-refractivity contribution in [1.29, 1.82) is 0 Å². The van der Waals surface area contributed by atoms with E-state index in [0.717, 1.165) is 0 Å². The van der Waals surface area contributed by atoms with Gasteiger partial charge in [-0.2, -0.15) is 16.8 Å². The molecule has 2 aromatic rings. The van der Waals surface area contributed by atoms with Gasteiger partial charge in [-0.3, -0.25) is 9.11 Å². The molecule has 0 spiro atoms. The van der Waals surface area contributed by atoms with Crippen LogP contribution in [0.3, 0.4) is 0 Å². The lowest BCUT2D eigenvalue weighted by atomic mass is 10.1. The second kappa shape index (κ2) is 6.93. The predicted molar refractivity (Wildman–Crippen MR) is 89.3 cm³/mol. The van der Waals surface area contributed by atoms with E-state index in [1.54, 1.807) is 18.2 Å². The van der Waals surface area contributed by atoms with Crippen molar-refractivity contribution >= 4 is 36.7 Å². The molecule has 0 bridgehead atoms. The average molecular weight is 375 g/mol. The quantitative estimate of drug-likeness (QED) is 0.377. The maximum absolute atomic E-state index is 11.4. The first-order valence-corrected chi connectivity index (χ1v) is 10.00. The second-order valence-electron chi connectivity index (χ2n) is 5.22. The van der Waals surface area contributed by atoms with E-state index in [-0.39, 0.29) is 29.4 Å². The van der Waals surface area contributed by atoms with Crippen LogP contribution in [-0.4, -0.2) is 38.3 Å². The van der Waals surface area contributed by atoms with E-state index in [0.29, 0.717) is 22.9 Å². The van der Waals surface area contributed by atoms with Gasteiger partial charge in [-0.1, -0.05) is 6.07 Å². The lowest BCUT2D eigenvalue weighted by Crippen LogP contribution is -2.07. The third kappa shape index (κ3) is 5.06. The van der Waals surface area contributed by atoms with E-state index < -0.39 is 20.2 Å². The maximum atomic E-state index is 11.4. The van der Waals surface area contributed by atoms with E-state index in [2.05, 4.69) is 0 Å². The number of fused-ring (bicyclic) bond motifs is 1. The van der Waals surface area contributed by atoms with E-state index in [1.165, 1.54) is 12.1 Å². The van der Waals surface area contributed by atoms with Crippen molar-refractivity contribution in [3.8, 4) is 5.75 Å². The molecular weight excluding hydrogens is 358 g/mol. The molecule has 132 valence electrons. The molecule has 0 radical (unpaired) electrons. The molecule has 2 aromatic carbocycles. The van der Waals surface area contributed by atoms with Crippen LogP contribution >= 0.6 is 0 Å². The molecule has 0 heterocycles. The van der Waals surface area contributed by atoms with E-state index in [1.807, 2.05) is 0 Å². The van der Waals surface area contributed by atoms with Crippen LogP contribution in [0.15, 0.2) is 35.2 Å². The van der Waals surface area contributed by atoms with Crippen LogP contribution in [0.25, 0.3) is 10.8 Å². The molecule has 0 aliphatic carbocycles. The highest BCUT2D eigenvalue weighted by Gasteiger charge is 2.15. The highest BCUT2D eigenvalue weighted by Crippen LogP contribution is 2.31. The first kappa shape index (κ1) is 18.5. The predicted octanol–water partition coefficient (Wildman–Crippen LogP) is 1.72. The minimum atomic E-state index is -4.41. The zero-order valence-electron chi connectivity index (χ0n) is 12.5. The lowest BCUT2D eigenvalue weighted by molar-refractivity contribution is 0.311. The number of ether oxygens (including phenoxy) is 1. The molecule has 2 rings (SSSR count). The van der Waals surface area contributed by atoms with Crippen molar-refractivity contribution < 1.29 is 30.7 Å². The van der Waals surface area contributed by atoms with Crippen LogP contribution in [0.2, 0.25) is 0 Å². The second-order valence-corrected chi connectivity index (χ2v) is 8.21. The highest BCUT2D eigenvalue weighted by molar-refractivity contribution is 7.86. The first-order chi connectivity index (χ1) is 11.1. The summed E-state index contributed by atoms with van der Waals surface area (Å²) in [5, 5.41) is 1.09. The van der Waals surface area contributed by atoms with Gasteiger partial charge in [0.15, 0.2) is 0 Å². The number of nitrogens with two attached hydrogens (primary N) is 1. The molecule has 0 amide bonds. The number of anilines is 1. The number of hydrogen-bond acceptors (Lipinski definition) is 6. The fraction of sp³-hybridized carbons (Fsp3) is 0.286. The molecule has 0 fully saturated rings. The standard InChI is InChI=1S/C14H17NO7S2/c15-11-4-3-10-7-12(24(19,20)21)9-14(13(10)8-11)22-5-1-2-6-23(16,17)18/h3-4,7-9H,1-2,5-6,15H2,(H,16,17,18)(H,19,20,21). The summed E-state index contributed by atoms with van der Waals surface area (Å²) in [5.41, 5.74) is 6.18. The molecule has 0 saturated heterocycles. The third-order valence-corrected chi connectivity index (χ3v) is 4.90. The molecule has 24 heavy (non-hydrogen) atoms. The zero-order valence-corrected chi connectivity index (χ0v) is 14.2. The van der Waals surface area contributed by atoms with Crippen molar-refractivity contribution in [2.75, 3.05) is 18.1 Å². The van der Waals surface area contributed by atoms with Gasteiger partial charge in [-0.05, 0) is 36.4 Å². The molecule has 0 atom stereocenters. The highest BCUT2D eigenvalue weighted by atomic mass is 32.2. The van der Waals surface area contributed by atoms with Crippen LogP contribution in [0.4, 0.5) is 5.69 Å². The van der Waals surface area contributed by atoms with Crippen molar-refractivity contribution in [3.63, 3.8) is 0 Å². The summed E-state index contributed by atoms with van der Waals surface area (Å²) >= 11 is 0. The van der Waals surface area contributed by atoms with Crippen LogP contribution in [-0.2, 0) is 20.2 Å². The van der Waals surface area contributed by atoms with Gasteiger partial charge in [0.05, 0.1) is 17.3 Å². The Labute approximate surface area is 139 Å². The van der Waals surface area contributed by atoms with Gasteiger partial charge in [0, 0.05) is 17.1 Å². The monoisotopic (exact) mass is 375 g/mol. The molecule has 0 aliphatic rings. The largest absolute Gasteiger partial charge is 0.493 e. The van der Waals surface area contributed by atoms with Crippen LogP contribution in [0.1, 0.15) is 12.8 Å². The van der Waals surface area contributed by atoms with Crippen molar-refractivity contribution in [2.45, 2.75) is 17.7 Å². The Morgan fingerprint density at radius 2 is 1.71 bits per heavy atom. The molecule has 4 N–H and O–H groups in total. The zero-order chi connectivity index (χ0) is 18.0. The number of rotatable bonds is 7. The Balaban J connectivity index is 2.25. The molecule has 8 nitrogen and oxygen atoms in total. The fourth-order valence-corrected chi connectivity index (χ4v) is 3.25. The molecule has 0 aromatic heterocycles. The van der Waals surface area contributed by atoms with Crippen molar-refractivity contribution in [1.82, 2.24) is 0 Å². The third-order valence-electron chi connectivity index (χ3n) is 3.27. The Hall–Kier alpha value is -1.88. The Morgan fingerprint density at radius 3 is 2.33 bits per heavy atom. The topological polar surface area (TPSA) is 144 Å². The molecule has 0 saturated carbocycles. The summed E-state index contributed by atoms with van der Waals surface area (Å²) in [5.74, 6) is -0.172. The first-order valence-electron chi connectivity index (χ1n) is 6.95. The molecule has 10 heteroatoms. The minimum Gasteiger partial charge on any atom is -0.493 e. The minimum absolute atomic E-state index is 0.106. The number of hydrogen-bond donors (Lipinski definition) is 3. The summed E-state index contributed by atoms with van der Waals surface area (Å²) in [7, 11) is -8.43. The lowest BCUT2D eigenvalue weighted by Gasteiger charge is -2.11. The Bertz CT molecular complexity index is 952. The molecule has 0 unspecified atom stereocenters. The summed E-state index contributed by atoms with van der Waals surface area (Å²) in [6, 6.07) is 7.28. The summed E-state index contributed by atoms with van der Waals surface area (Å²) < 4.78 is 67.4. The molecular formula is C14H17NO7S2. The van der Waals surface area contributed by atoms with Gasteiger partial charge in [-0.15, -0.1) is 0 Å². The fourth-order valence-electron chi connectivity index (χ4n) is 2.15. The van der Waals surface area contributed by atoms with E-state index in [4.69, 9.17) is 15.0 Å². The van der Waals surface area contributed by atoms with Gasteiger partial charge in [-0.25, -0.2) is 0 Å². The van der Waals surface area contributed by atoms with Crippen LogP contribution in [0.5, 0.6) is 5.75 Å². The average Bonchev–Trinajstić information content (AvgIpc) is 2.44. The van der Waals surface area contributed by atoms with E-state index >= 15 is 0 Å². The van der Waals surface area contributed by atoms with Gasteiger partial charge < -0.3 is 10.5 Å².